The summed E-state index contributed by atoms with van der Waals surface area (Å²) >= 11 is 0. The van der Waals surface area contributed by atoms with Gasteiger partial charge in [-0.1, -0.05) is 39.5 Å². The second kappa shape index (κ2) is 6.79. The normalized spacial score (nSPS) is 13.0. The van der Waals surface area contributed by atoms with Crippen LogP contribution >= 0.6 is 0 Å². The highest BCUT2D eigenvalue weighted by Gasteiger charge is 1.98. The second-order valence-corrected chi connectivity index (χ2v) is 2.87. The quantitative estimate of drug-likeness (QED) is 0.520. The maximum absolute atomic E-state index is 10.0. The van der Waals surface area contributed by atoms with Crippen LogP contribution in [-0.2, 0) is 4.79 Å². The Bertz CT molecular complexity index is 78.8. The van der Waals surface area contributed by atoms with E-state index < -0.39 is 0 Å². The smallest absolute Gasteiger partial charge is 0.201 e. The summed E-state index contributed by atoms with van der Waals surface area (Å²) in [5.41, 5.74) is 0. The molecule has 0 aliphatic rings. The first kappa shape index (κ1) is 9.67. The summed E-state index contributed by atoms with van der Waals surface area (Å²) in [6.07, 6.45) is 8.02. The van der Waals surface area contributed by atoms with Crippen LogP contribution in [-0.4, -0.2) is 6.29 Å². The van der Waals surface area contributed by atoms with Crippen LogP contribution in [0.3, 0.4) is 0 Å². The zero-order chi connectivity index (χ0) is 7.82. The average Bonchev–Trinajstić information content (AvgIpc) is 1.98. The summed E-state index contributed by atoms with van der Waals surface area (Å²) in [7, 11) is 0. The minimum atomic E-state index is 0.150. The van der Waals surface area contributed by atoms with Gasteiger partial charge >= 0.3 is 0 Å². The monoisotopic (exact) mass is 141 g/mol. The first-order chi connectivity index (χ1) is 4.81. The minimum Gasteiger partial charge on any atom is -0.291 e. The van der Waals surface area contributed by atoms with Crippen molar-refractivity contribution in [1.82, 2.24) is 0 Å². The fraction of sp³-hybridized carbons (Fsp3) is 0.889. The van der Waals surface area contributed by atoms with Gasteiger partial charge in [0, 0.05) is 5.92 Å². The Labute approximate surface area is 63.8 Å². The zero-order valence-electron chi connectivity index (χ0n) is 7.02. The topological polar surface area (TPSA) is 17.1 Å². The number of rotatable bonds is 6. The summed E-state index contributed by atoms with van der Waals surface area (Å²) in [4.78, 5) is 10.0. The lowest BCUT2D eigenvalue weighted by molar-refractivity contribution is 0.505. The minimum absolute atomic E-state index is 0.150. The van der Waals surface area contributed by atoms with Crippen LogP contribution in [0.25, 0.3) is 0 Å². The first-order valence-corrected chi connectivity index (χ1v) is 4.19. The molecule has 1 heteroatoms. The lowest BCUT2D eigenvalue weighted by Crippen LogP contribution is -1.94. The van der Waals surface area contributed by atoms with Crippen LogP contribution in [0.5, 0.6) is 0 Å². The Balaban J connectivity index is 2.95. The van der Waals surface area contributed by atoms with Gasteiger partial charge in [0.1, 0.15) is 0 Å². The van der Waals surface area contributed by atoms with E-state index in [-0.39, 0.29) is 5.92 Å². The molecule has 0 bridgehead atoms. The molecule has 10 heavy (non-hydrogen) atoms. The molecule has 0 aromatic heterocycles. The van der Waals surface area contributed by atoms with Crippen molar-refractivity contribution in [1.29, 1.82) is 0 Å². The highest BCUT2D eigenvalue weighted by Crippen LogP contribution is 2.07. The van der Waals surface area contributed by atoms with E-state index in [1.807, 2.05) is 13.2 Å². The standard InChI is InChI=1S/C9H17O/c1-3-4-5-6-7-9(2)8-10/h9H,3-7H2,1-2H3. The molecule has 1 nitrogen and oxygen atoms in total. The average molecular weight is 141 g/mol. The molecular formula is C9H17O. The summed E-state index contributed by atoms with van der Waals surface area (Å²) in [6.45, 7) is 4.12. The van der Waals surface area contributed by atoms with Crippen molar-refractivity contribution in [2.45, 2.75) is 46.0 Å². The molecule has 0 saturated carbocycles. The summed E-state index contributed by atoms with van der Waals surface area (Å²) in [6, 6.07) is 0. The lowest BCUT2D eigenvalue weighted by Gasteiger charge is -2.00. The van der Waals surface area contributed by atoms with Gasteiger partial charge in [-0.05, 0) is 6.42 Å². The van der Waals surface area contributed by atoms with Crippen molar-refractivity contribution in [2.24, 2.45) is 5.92 Å². The number of unbranched alkanes of at least 4 members (excludes halogenated alkanes) is 3. The predicted molar refractivity (Wildman–Crippen MR) is 43.6 cm³/mol. The molecule has 0 aliphatic heterocycles. The molecule has 0 spiro atoms. The van der Waals surface area contributed by atoms with Gasteiger partial charge in [-0.3, -0.25) is 4.79 Å². The third kappa shape index (κ3) is 5.80. The molecule has 0 aliphatic carbocycles. The molecule has 1 atom stereocenters. The number of hydrogen-bond acceptors (Lipinski definition) is 1. The van der Waals surface area contributed by atoms with Crippen molar-refractivity contribution in [3.8, 4) is 0 Å². The van der Waals surface area contributed by atoms with Gasteiger partial charge in [0.15, 0.2) is 0 Å². The molecule has 0 saturated heterocycles. The summed E-state index contributed by atoms with van der Waals surface area (Å²) in [5.74, 6) is 0.150. The van der Waals surface area contributed by atoms with Gasteiger partial charge in [0.2, 0.25) is 6.29 Å². The Kier molecular flexibility index (Phi) is 6.56. The maximum atomic E-state index is 10.0. The molecule has 0 rings (SSSR count). The van der Waals surface area contributed by atoms with Gasteiger partial charge in [-0.25, -0.2) is 0 Å². The van der Waals surface area contributed by atoms with Crippen LogP contribution in [0.2, 0.25) is 0 Å². The van der Waals surface area contributed by atoms with E-state index >= 15 is 0 Å². The SMILES string of the molecule is CCCCCCC(C)[C]=O. The van der Waals surface area contributed by atoms with Crippen LogP contribution in [0.1, 0.15) is 46.0 Å². The van der Waals surface area contributed by atoms with Crippen molar-refractivity contribution < 1.29 is 4.79 Å². The molecule has 0 aromatic carbocycles. The van der Waals surface area contributed by atoms with E-state index in [4.69, 9.17) is 0 Å². The lowest BCUT2D eigenvalue weighted by atomic mass is 10.0. The van der Waals surface area contributed by atoms with Crippen molar-refractivity contribution >= 4 is 6.29 Å². The Hall–Kier alpha value is -0.330. The Morgan fingerprint density at radius 3 is 2.50 bits per heavy atom. The molecule has 0 aromatic rings. The molecule has 0 heterocycles. The number of carbonyl (C=O) groups excluding carboxylic acids is 1. The zero-order valence-corrected chi connectivity index (χ0v) is 7.02. The highest BCUT2D eigenvalue weighted by atomic mass is 16.1. The third-order valence-electron chi connectivity index (χ3n) is 1.69. The molecule has 1 radical (unpaired) electrons. The summed E-state index contributed by atoms with van der Waals surface area (Å²) < 4.78 is 0. The number of hydrogen-bond donors (Lipinski definition) is 0. The highest BCUT2D eigenvalue weighted by molar-refractivity contribution is 5.53. The molecular weight excluding hydrogens is 124 g/mol. The Morgan fingerprint density at radius 2 is 2.00 bits per heavy atom. The largest absolute Gasteiger partial charge is 0.291 e. The van der Waals surface area contributed by atoms with E-state index in [1.165, 1.54) is 25.7 Å². The second-order valence-electron chi connectivity index (χ2n) is 2.87. The third-order valence-corrected chi connectivity index (χ3v) is 1.69. The fourth-order valence-electron chi connectivity index (χ4n) is 0.936. The predicted octanol–water partition coefficient (Wildman–Crippen LogP) is 2.70. The van der Waals surface area contributed by atoms with Crippen molar-refractivity contribution in [3.05, 3.63) is 0 Å². The first-order valence-electron chi connectivity index (χ1n) is 4.19. The van der Waals surface area contributed by atoms with Gasteiger partial charge < -0.3 is 0 Å². The van der Waals surface area contributed by atoms with Crippen LogP contribution in [0, 0.1) is 5.92 Å². The van der Waals surface area contributed by atoms with Crippen LogP contribution < -0.4 is 0 Å². The molecule has 0 N–H and O–H groups in total. The van der Waals surface area contributed by atoms with Crippen LogP contribution in [0.4, 0.5) is 0 Å². The molecule has 59 valence electrons. The molecule has 1 unspecified atom stereocenters. The van der Waals surface area contributed by atoms with Gasteiger partial charge in [0.25, 0.3) is 0 Å². The van der Waals surface area contributed by atoms with Gasteiger partial charge in [-0.2, -0.15) is 0 Å². The molecule has 0 amide bonds. The van der Waals surface area contributed by atoms with Crippen molar-refractivity contribution in [3.63, 3.8) is 0 Å². The van der Waals surface area contributed by atoms with Crippen LogP contribution in [0.15, 0.2) is 0 Å². The van der Waals surface area contributed by atoms with E-state index in [9.17, 15) is 4.79 Å². The van der Waals surface area contributed by atoms with E-state index in [1.54, 1.807) is 0 Å². The van der Waals surface area contributed by atoms with Gasteiger partial charge in [-0.15, -0.1) is 0 Å². The fourth-order valence-corrected chi connectivity index (χ4v) is 0.936. The Morgan fingerprint density at radius 1 is 1.30 bits per heavy atom. The van der Waals surface area contributed by atoms with E-state index in [0.29, 0.717) is 0 Å². The summed E-state index contributed by atoms with van der Waals surface area (Å²) in [5, 5.41) is 0. The maximum Gasteiger partial charge on any atom is 0.201 e. The molecule has 0 fully saturated rings. The van der Waals surface area contributed by atoms with E-state index in [0.717, 1.165) is 6.42 Å². The van der Waals surface area contributed by atoms with Gasteiger partial charge in [0.05, 0.1) is 0 Å². The van der Waals surface area contributed by atoms with E-state index in [2.05, 4.69) is 6.92 Å². The van der Waals surface area contributed by atoms with Crippen molar-refractivity contribution in [2.75, 3.05) is 0 Å².